The number of fused-ring (bicyclic) bond motifs is 5. The molecule has 0 aromatic carbocycles. The second-order valence-electron chi connectivity index (χ2n) is 9.37. The molecular formula is C21H33Br. The second kappa shape index (κ2) is 5.36. The Labute approximate surface area is 145 Å². The van der Waals surface area contributed by atoms with E-state index in [1.807, 2.05) is 0 Å². The molecule has 0 aromatic rings. The Morgan fingerprint density at radius 3 is 2.64 bits per heavy atom. The average Bonchev–Trinajstić information content (AvgIpc) is 2.82. The molecule has 1 heteroatoms. The Morgan fingerprint density at radius 1 is 1.05 bits per heavy atom. The van der Waals surface area contributed by atoms with Crippen molar-refractivity contribution in [1.29, 1.82) is 0 Å². The van der Waals surface area contributed by atoms with Crippen molar-refractivity contribution in [3.8, 4) is 0 Å². The smallest absolute Gasteiger partial charge is 0.00762 e. The normalized spacial score (nSPS) is 54.2. The summed E-state index contributed by atoms with van der Waals surface area (Å²) in [6.07, 6.45) is 15.9. The van der Waals surface area contributed by atoms with Gasteiger partial charge >= 0.3 is 0 Å². The van der Waals surface area contributed by atoms with Gasteiger partial charge in [0.25, 0.3) is 0 Å². The molecule has 3 fully saturated rings. The number of hydrogen-bond acceptors (Lipinski definition) is 0. The molecule has 0 spiro atoms. The fraction of sp³-hybridized carbons (Fsp3) is 0.905. The van der Waals surface area contributed by atoms with Gasteiger partial charge in [-0.2, -0.15) is 0 Å². The lowest BCUT2D eigenvalue weighted by molar-refractivity contribution is -0.0793. The summed E-state index contributed by atoms with van der Waals surface area (Å²) < 4.78 is 1.50. The maximum absolute atomic E-state index is 3.85. The van der Waals surface area contributed by atoms with Crippen molar-refractivity contribution in [2.24, 2.45) is 40.4 Å². The highest BCUT2D eigenvalue weighted by Crippen LogP contribution is 2.67. The molecule has 0 nitrogen and oxygen atoms in total. The molecule has 0 N–H and O–H groups in total. The molecule has 22 heavy (non-hydrogen) atoms. The lowest BCUT2D eigenvalue weighted by atomic mass is 9.46. The van der Waals surface area contributed by atoms with Gasteiger partial charge in [0.05, 0.1) is 0 Å². The Kier molecular flexibility index (Phi) is 3.83. The first-order valence-corrected chi connectivity index (χ1v) is 10.7. The third kappa shape index (κ3) is 2.06. The molecule has 0 aliphatic heterocycles. The zero-order valence-electron chi connectivity index (χ0n) is 14.7. The van der Waals surface area contributed by atoms with Gasteiger partial charge in [0.1, 0.15) is 0 Å². The van der Waals surface area contributed by atoms with Crippen molar-refractivity contribution in [2.45, 2.75) is 78.6 Å². The quantitative estimate of drug-likeness (QED) is 0.472. The molecule has 0 amide bonds. The molecule has 0 heterocycles. The van der Waals surface area contributed by atoms with Crippen LogP contribution in [0.15, 0.2) is 10.6 Å². The number of allylic oxidation sites excluding steroid dienone is 2. The van der Waals surface area contributed by atoms with Crippen LogP contribution in [0.3, 0.4) is 0 Å². The molecule has 4 rings (SSSR count). The first kappa shape index (κ1) is 15.7. The van der Waals surface area contributed by atoms with Crippen LogP contribution in [0, 0.1) is 40.4 Å². The third-order valence-corrected chi connectivity index (χ3v) is 9.48. The van der Waals surface area contributed by atoms with Gasteiger partial charge in [-0.1, -0.05) is 49.2 Å². The summed E-state index contributed by atoms with van der Waals surface area (Å²) in [4.78, 5) is 0. The van der Waals surface area contributed by atoms with E-state index in [1.165, 1.54) is 62.3 Å². The van der Waals surface area contributed by atoms with Crippen LogP contribution < -0.4 is 0 Å². The monoisotopic (exact) mass is 364 g/mol. The molecule has 0 saturated heterocycles. The van der Waals surface area contributed by atoms with Crippen molar-refractivity contribution in [2.75, 3.05) is 0 Å². The summed E-state index contributed by atoms with van der Waals surface area (Å²) >= 11 is 3.85. The Bertz CT molecular complexity index is 480. The number of hydrogen-bond donors (Lipinski definition) is 0. The first-order chi connectivity index (χ1) is 10.5. The topological polar surface area (TPSA) is 0 Å². The second-order valence-corrected chi connectivity index (χ2v) is 10.4. The molecule has 0 aromatic heterocycles. The molecule has 4 aliphatic carbocycles. The van der Waals surface area contributed by atoms with Crippen molar-refractivity contribution in [1.82, 2.24) is 0 Å². The molecule has 0 radical (unpaired) electrons. The van der Waals surface area contributed by atoms with Gasteiger partial charge in [-0.05, 0) is 96.3 Å². The maximum Gasteiger partial charge on any atom is -0.00762 e. The maximum atomic E-state index is 3.85. The lowest BCUT2D eigenvalue weighted by Crippen LogP contribution is -2.51. The summed E-state index contributed by atoms with van der Waals surface area (Å²) in [6.45, 7) is 7.71. The molecule has 124 valence electrons. The zero-order valence-corrected chi connectivity index (χ0v) is 16.3. The minimum absolute atomic E-state index is 0.492. The van der Waals surface area contributed by atoms with Gasteiger partial charge < -0.3 is 0 Å². The SMILES string of the molecule is CC[C@H]1CC[C@H]2[C@@H]3CCC4CCC(Br)=C[C@]4(C)[C@H]3CC[C@]12C. The van der Waals surface area contributed by atoms with Crippen LogP contribution in [0.5, 0.6) is 0 Å². The molecule has 7 atom stereocenters. The highest BCUT2D eigenvalue weighted by atomic mass is 79.9. The van der Waals surface area contributed by atoms with Gasteiger partial charge in [-0.3, -0.25) is 0 Å². The highest BCUT2D eigenvalue weighted by molar-refractivity contribution is 9.11. The molecule has 1 unspecified atom stereocenters. The molecule has 3 saturated carbocycles. The number of rotatable bonds is 1. The van der Waals surface area contributed by atoms with Crippen molar-refractivity contribution < 1.29 is 0 Å². The van der Waals surface area contributed by atoms with E-state index in [0.717, 1.165) is 29.6 Å². The lowest BCUT2D eigenvalue weighted by Gasteiger charge is -2.59. The Hall–Kier alpha value is 0.220. The van der Waals surface area contributed by atoms with Crippen molar-refractivity contribution in [3.05, 3.63) is 10.6 Å². The summed E-state index contributed by atoms with van der Waals surface area (Å²) in [5.74, 6) is 4.99. The highest BCUT2D eigenvalue weighted by Gasteiger charge is 2.58. The van der Waals surface area contributed by atoms with E-state index < -0.39 is 0 Å². The van der Waals surface area contributed by atoms with Crippen LogP contribution in [0.2, 0.25) is 0 Å². The fourth-order valence-electron chi connectivity index (χ4n) is 7.65. The largest absolute Gasteiger partial charge is 0.0679 e. The van der Waals surface area contributed by atoms with Gasteiger partial charge in [-0.25, -0.2) is 0 Å². The summed E-state index contributed by atoms with van der Waals surface area (Å²) in [7, 11) is 0. The van der Waals surface area contributed by atoms with Crippen molar-refractivity contribution in [3.63, 3.8) is 0 Å². The molecule has 4 aliphatic rings. The fourth-order valence-corrected chi connectivity index (χ4v) is 8.37. The van der Waals surface area contributed by atoms with Gasteiger partial charge in [0, 0.05) is 0 Å². The van der Waals surface area contributed by atoms with E-state index in [0.29, 0.717) is 10.8 Å². The summed E-state index contributed by atoms with van der Waals surface area (Å²) in [6, 6.07) is 0. The van der Waals surface area contributed by atoms with Gasteiger partial charge in [-0.15, -0.1) is 0 Å². The Morgan fingerprint density at radius 2 is 1.86 bits per heavy atom. The number of halogens is 1. The van der Waals surface area contributed by atoms with Gasteiger partial charge in [0.15, 0.2) is 0 Å². The van der Waals surface area contributed by atoms with Crippen LogP contribution >= 0.6 is 15.9 Å². The van der Waals surface area contributed by atoms with E-state index in [4.69, 9.17) is 0 Å². The van der Waals surface area contributed by atoms with E-state index in [9.17, 15) is 0 Å². The van der Waals surface area contributed by atoms with E-state index >= 15 is 0 Å². The minimum atomic E-state index is 0.492. The van der Waals surface area contributed by atoms with Crippen LogP contribution in [-0.2, 0) is 0 Å². The predicted molar refractivity (Wildman–Crippen MR) is 97.9 cm³/mol. The van der Waals surface area contributed by atoms with Crippen LogP contribution in [0.25, 0.3) is 0 Å². The molecular weight excluding hydrogens is 332 g/mol. The standard InChI is InChI=1S/C21H33Br/c1-4-14-7-10-18-17-9-6-15-5-8-16(22)13-21(15,3)19(17)11-12-20(14,18)2/h13-15,17-19H,4-12H2,1-3H3/t14-,15?,17-,18-,19-,20+,21-/m0/s1. The van der Waals surface area contributed by atoms with Crippen molar-refractivity contribution >= 4 is 15.9 Å². The average molecular weight is 365 g/mol. The Balaban J connectivity index is 1.67. The van der Waals surface area contributed by atoms with Crippen LogP contribution in [-0.4, -0.2) is 0 Å². The predicted octanol–water partition coefficient (Wildman–Crippen LogP) is 6.94. The summed E-state index contributed by atoms with van der Waals surface area (Å²) in [5, 5.41) is 0. The van der Waals surface area contributed by atoms with Crippen LogP contribution in [0.1, 0.15) is 78.6 Å². The van der Waals surface area contributed by atoms with E-state index in [-0.39, 0.29) is 0 Å². The van der Waals surface area contributed by atoms with Crippen LogP contribution in [0.4, 0.5) is 0 Å². The minimum Gasteiger partial charge on any atom is -0.0679 e. The first-order valence-electron chi connectivity index (χ1n) is 9.86. The van der Waals surface area contributed by atoms with E-state index in [2.05, 4.69) is 42.8 Å². The van der Waals surface area contributed by atoms with Gasteiger partial charge in [0.2, 0.25) is 0 Å². The zero-order chi connectivity index (χ0) is 15.5. The molecule has 0 bridgehead atoms. The summed E-state index contributed by atoms with van der Waals surface area (Å²) in [5.41, 5.74) is 1.17. The third-order valence-electron chi connectivity index (χ3n) is 8.85. The van der Waals surface area contributed by atoms with E-state index in [1.54, 1.807) is 0 Å².